The molecule has 2 N–H and O–H groups in total. The first-order chi connectivity index (χ1) is 13.0. The normalized spacial score (nSPS) is 11.1. The molecule has 0 aliphatic rings. The lowest BCUT2D eigenvalue weighted by molar-refractivity contribution is 0.102. The van der Waals surface area contributed by atoms with Crippen molar-refractivity contribution >= 4 is 22.5 Å². The van der Waals surface area contributed by atoms with Crippen molar-refractivity contribution < 1.29 is 4.79 Å². The van der Waals surface area contributed by atoms with E-state index in [-0.39, 0.29) is 5.91 Å². The smallest absolute Gasteiger partial charge is 0.257 e. The van der Waals surface area contributed by atoms with Crippen molar-refractivity contribution in [2.24, 2.45) is 0 Å². The maximum Gasteiger partial charge on any atom is 0.257 e. The van der Waals surface area contributed by atoms with E-state index in [9.17, 15) is 4.79 Å². The number of benzene rings is 2. The fraction of sp³-hybridized carbons (Fsp3) is 0.174. The van der Waals surface area contributed by atoms with Crippen LogP contribution in [-0.2, 0) is 6.54 Å². The molecule has 4 rings (SSSR count). The number of hydrogen-bond donors (Lipinski definition) is 2. The van der Waals surface area contributed by atoms with Crippen molar-refractivity contribution in [3.05, 3.63) is 88.9 Å². The Bertz CT molecular complexity index is 1120. The van der Waals surface area contributed by atoms with Gasteiger partial charge in [-0.15, -0.1) is 0 Å². The summed E-state index contributed by atoms with van der Waals surface area (Å²) in [6.45, 7) is 6.84. The molecule has 4 aromatic rings. The quantitative estimate of drug-likeness (QED) is 0.518. The number of aromatic nitrogens is 2. The molecule has 1 amide bonds. The molecule has 0 radical (unpaired) electrons. The molecule has 2 aromatic heterocycles. The second-order valence-electron chi connectivity index (χ2n) is 7.07. The van der Waals surface area contributed by atoms with Crippen molar-refractivity contribution in [1.82, 2.24) is 9.55 Å². The van der Waals surface area contributed by atoms with Crippen LogP contribution in [0.2, 0.25) is 0 Å². The number of aryl methyl sites for hydroxylation is 2. The number of fused-ring (bicyclic) bond motifs is 1. The first-order valence-electron chi connectivity index (χ1n) is 9.12. The highest BCUT2D eigenvalue weighted by Gasteiger charge is 2.16. The summed E-state index contributed by atoms with van der Waals surface area (Å²) in [5.41, 5.74) is 6.99. The largest absolute Gasteiger partial charge is 0.359 e. The van der Waals surface area contributed by atoms with Gasteiger partial charge in [-0.1, -0.05) is 30.3 Å². The van der Waals surface area contributed by atoms with Gasteiger partial charge in [0.1, 0.15) is 0 Å². The fourth-order valence-corrected chi connectivity index (χ4v) is 3.59. The molecule has 136 valence electrons. The number of hydrogen-bond acceptors (Lipinski definition) is 1. The van der Waals surface area contributed by atoms with Gasteiger partial charge >= 0.3 is 0 Å². The van der Waals surface area contributed by atoms with Crippen molar-refractivity contribution in [2.45, 2.75) is 27.3 Å². The van der Waals surface area contributed by atoms with Gasteiger partial charge in [0.15, 0.2) is 0 Å². The standard InChI is InChI=1S/C23H23N3O/c1-15-11-19-13-20(9-10-22(19)24-15)25-23(27)21-12-16(2)26(17(21)3)14-18-7-5-4-6-8-18/h4-13,24H,14H2,1-3H3,(H,25,27). The van der Waals surface area contributed by atoms with E-state index in [1.54, 1.807) is 0 Å². The summed E-state index contributed by atoms with van der Waals surface area (Å²) in [6, 6.07) is 20.3. The molecule has 2 heterocycles. The third kappa shape index (κ3) is 3.38. The maximum atomic E-state index is 12.9. The Kier molecular flexibility index (Phi) is 4.32. The third-order valence-corrected chi connectivity index (χ3v) is 5.02. The molecule has 4 heteroatoms. The molecule has 0 unspecified atom stereocenters. The lowest BCUT2D eigenvalue weighted by Gasteiger charge is -2.10. The Morgan fingerprint density at radius 3 is 2.56 bits per heavy atom. The van der Waals surface area contributed by atoms with Crippen LogP contribution >= 0.6 is 0 Å². The van der Waals surface area contributed by atoms with Gasteiger partial charge in [-0.3, -0.25) is 4.79 Å². The average molecular weight is 357 g/mol. The van der Waals surface area contributed by atoms with Crippen LogP contribution in [-0.4, -0.2) is 15.5 Å². The molecule has 27 heavy (non-hydrogen) atoms. The van der Waals surface area contributed by atoms with Gasteiger partial charge in [0.25, 0.3) is 5.91 Å². The molecule has 0 spiro atoms. The number of aromatic amines is 1. The maximum absolute atomic E-state index is 12.9. The summed E-state index contributed by atoms with van der Waals surface area (Å²) >= 11 is 0. The van der Waals surface area contributed by atoms with Crippen LogP contribution in [0.25, 0.3) is 10.9 Å². The molecule has 0 atom stereocenters. The highest BCUT2D eigenvalue weighted by atomic mass is 16.1. The van der Waals surface area contributed by atoms with E-state index in [0.717, 1.165) is 40.2 Å². The zero-order valence-electron chi connectivity index (χ0n) is 15.8. The monoisotopic (exact) mass is 357 g/mol. The highest BCUT2D eigenvalue weighted by molar-refractivity contribution is 6.06. The molecule has 0 saturated carbocycles. The Morgan fingerprint density at radius 2 is 1.78 bits per heavy atom. The molecule has 0 aliphatic carbocycles. The Morgan fingerprint density at radius 1 is 1.00 bits per heavy atom. The van der Waals surface area contributed by atoms with Crippen molar-refractivity contribution in [3.8, 4) is 0 Å². The SMILES string of the molecule is Cc1cc2cc(NC(=O)c3cc(C)n(Cc4ccccc4)c3C)ccc2[nH]1. The minimum Gasteiger partial charge on any atom is -0.359 e. The average Bonchev–Trinajstić information content (AvgIpc) is 3.15. The number of nitrogens with zero attached hydrogens (tertiary/aromatic N) is 1. The molecule has 2 aromatic carbocycles. The molecule has 0 fully saturated rings. The number of carbonyl (C=O) groups excluding carboxylic acids is 1. The fourth-order valence-electron chi connectivity index (χ4n) is 3.59. The summed E-state index contributed by atoms with van der Waals surface area (Å²) in [7, 11) is 0. The lowest BCUT2D eigenvalue weighted by Crippen LogP contribution is -2.13. The summed E-state index contributed by atoms with van der Waals surface area (Å²) in [5.74, 6) is -0.0750. The van der Waals surface area contributed by atoms with Gasteiger partial charge in [0, 0.05) is 40.2 Å². The van der Waals surface area contributed by atoms with E-state index in [1.165, 1.54) is 5.56 Å². The Balaban J connectivity index is 1.58. The summed E-state index contributed by atoms with van der Waals surface area (Å²) < 4.78 is 2.18. The van der Waals surface area contributed by atoms with Gasteiger partial charge in [0.05, 0.1) is 5.56 Å². The van der Waals surface area contributed by atoms with Crippen LogP contribution in [0, 0.1) is 20.8 Å². The van der Waals surface area contributed by atoms with Crippen LogP contribution in [0.5, 0.6) is 0 Å². The van der Waals surface area contributed by atoms with Crippen LogP contribution in [0.4, 0.5) is 5.69 Å². The summed E-state index contributed by atoms with van der Waals surface area (Å²) in [5, 5.41) is 4.14. The number of anilines is 1. The van der Waals surface area contributed by atoms with Crippen LogP contribution in [0.1, 0.15) is 33.0 Å². The van der Waals surface area contributed by atoms with Gasteiger partial charge in [-0.05, 0) is 56.7 Å². The van der Waals surface area contributed by atoms with Crippen LogP contribution in [0.3, 0.4) is 0 Å². The molecular weight excluding hydrogens is 334 g/mol. The Hall–Kier alpha value is -3.27. The number of nitrogens with one attached hydrogen (secondary N) is 2. The second kappa shape index (κ2) is 6.80. The second-order valence-corrected chi connectivity index (χ2v) is 7.07. The summed E-state index contributed by atoms with van der Waals surface area (Å²) in [6.07, 6.45) is 0. The topological polar surface area (TPSA) is 49.8 Å². The zero-order valence-corrected chi connectivity index (χ0v) is 15.8. The summed E-state index contributed by atoms with van der Waals surface area (Å²) in [4.78, 5) is 16.2. The third-order valence-electron chi connectivity index (χ3n) is 5.02. The molecule has 0 aliphatic heterocycles. The molecule has 4 nitrogen and oxygen atoms in total. The highest BCUT2D eigenvalue weighted by Crippen LogP contribution is 2.22. The lowest BCUT2D eigenvalue weighted by atomic mass is 10.2. The van der Waals surface area contributed by atoms with E-state index in [2.05, 4.69) is 33.1 Å². The Labute approximate surface area is 158 Å². The van der Waals surface area contributed by atoms with Gasteiger partial charge in [0.2, 0.25) is 0 Å². The van der Waals surface area contributed by atoms with Crippen LogP contribution < -0.4 is 5.32 Å². The number of carbonyl (C=O) groups is 1. The van der Waals surface area contributed by atoms with Crippen LogP contribution in [0.15, 0.2) is 60.7 Å². The molecule has 0 bridgehead atoms. The number of rotatable bonds is 4. The molecular formula is C23H23N3O. The van der Waals surface area contributed by atoms with Gasteiger partial charge in [-0.2, -0.15) is 0 Å². The van der Waals surface area contributed by atoms with E-state index < -0.39 is 0 Å². The number of H-pyrrole nitrogens is 1. The van der Waals surface area contributed by atoms with Gasteiger partial charge in [-0.25, -0.2) is 0 Å². The van der Waals surface area contributed by atoms with E-state index in [0.29, 0.717) is 5.56 Å². The van der Waals surface area contributed by atoms with Crippen molar-refractivity contribution in [3.63, 3.8) is 0 Å². The first kappa shape index (κ1) is 17.2. The minimum absolute atomic E-state index is 0.0750. The molecule has 0 saturated heterocycles. The zero-order chi connectivity index (χ0) is 19.0. The van der Waals surface area contributed by atoms with E-state index >= 15 is 0 Å². The van der Waals surface area contributed by atoms with E-state index in [4.69, 9.17) is 0 Å². The van der Waals surface area contributed by atoms with Gasteiger partial charge < -0.3 is 14.9 Å². The predicted octanol–water partition coefficient (Wildman–Crippen LogP) is 5.20. The number of amides is 1. The predicted molar refractivity (Wildman–Crippen MR) is 110 cm³/mol. The minimum atomic E-state index is -0.0750. The van der Waals surface area contributed by atoms with Crippen molar-refractivity contribution in [2.75, 3.05) is 5.32 Å². The van der Waals surface area contributed by atoms with Crippen molar-refractivity contribution in [1.29, 1.82) is 0 Å². The van der Waals surface area contributed by atoms with E-state index in [1.807, 2.05) is 63.2 Å². The first-order valence-corrected chi connectivity index (χ1v) is 9.12.